The number of aryl methyl sites for hydroxylation is 3. The van der Waals surface area contributed by atoms with E-state index < -0.39 is 23.3 Å². The normalized spacial score (nSPS) is 11.3. The molecule has 0 fully saturated rings. The molecule has 0 aliphatic carbocycles. The standard InChI is InChI=1S/C28H24F4/c1-2-3-4-18-5-7-19(8-6-18)9-10-20-11-13-23-21(15-20)12-14-24(27(23)31)22-16-25(29)28(32)26(30)17-22/h5-8,11-17H,2-4,9-10H2,1H3. The largest absolute Gasteiger partial charge is 0.206 e. The van der Waals surface area contributed by atoms with E-state index in [9.17, 15) is 13.2 Å². The van der Waals surface area contributed by atoms with Crippen molar-refractivity contribution in [1.29, 1.82) is 0 Å². The highest BCUT2D eigenvalue weighted by Crippen LogP contribution is 2.31. The van der Waals surface area contributed by atoms with E-state index in [-0.39, 0.29) is 11.1 Å². The minimum absolute atomic E-state index is 0.0335. The highest BCUT2D eigenvalue weighted by molar-refractivity contribution is 5.88. The second kappa shape index (κ2) is 9.56. The molecule has 0 saturated heterocycles. The van der Waals surface area contributed by atoms with Crippen molar-refractivity contribution >= 4 is 10.8 Å². The molecule has 4 aromatic carbocycles. The number of unbranched alkanes of at least 4 members (excludes halogenated alkanes) is 1. The van der Waals surface area contributed by atoms with Crippen LogP contribution in [0.3, 0.4) is 0 Å². The molecule has 0 aliphatic rings. The Kier molecular flexibility index (Phi) is 6.59. The second-order valence-electron chi connectivity index (χ2n) is 8.16. The zero-order valence-corrected chi connectivity index (χ0v) is 17.9. The molecular weight excluding hydrogens is 412 g/mol. The van der Waals surface area contributed by atoms with Crippen molar-refractivity contribution in [2.24, 2.45) is 0 Å². The van der Waals surface area contributed by atoms with Gasteiger partial charge in [-0.1, -0.05) is 67.9 Å². The van der Waals surface area contributed by atoms with Crippen LogP contribution in [0.15, 0.2) is 66.7 Å². The topological polar surface area (TPSA) is 0 Å². The van der Waals surface area contributed by atoms with Gasteiger partial charge in [-0.25, -0.2) is 17.6 Å². The molecule has 0 spiro atoms. The lowest BCUT2D eigenvalue weighted by Crippen LogP contribution is -1.95. The lowest BCUT2D eigenvalue weighted by Gasteiger charge is -2.10. The maximum absolute atomic E-state index is 15.1. The summed E-state index contributed by atoms with van der Waals surface area (Å²) in [5.41, 5.74) is 3.69. The van der Waals surface area contributed by atoms with Crippen molar-refractivity contribution < 1.29 is 17.6 Å². The maximum atomic E-state index is 15.1. The Morgan fingerprint density at radius 2 is 1.19 bits per heavy atom. The fourth-order valence-corrected chi connectivity index (χ4v) is 3.97. The molecule has 0 aromatic heterocycles. The first kappa shape index (κ1) is 22.1. The van der Waals surface area contributed by atoms with Gasteiger partial charge in [0, 0.05) is 10.9 Å². The highest BCUT2D eigenvalue weighted by Gasteiger charge is 2.15. The maximum Gasteiger partial charge on any atom is 0.194 e. The predicted octanol–water partition coefficient (Wildman–Crippen LogP) is 8.19. The smallest absolute Gasteiger partial charge is 0.194 e. The van der Waals surface area contributed by atoms with E-state index >= 15 is 4.39 Å². The van der Waals surface area contributed by atoms with Gasteiger partial charge in [-0.15, -0.1) is 0 Å². The number of hydrogen-bond donors (Lipinski definition) is 0. The van der Waals surface area contributed by atoms with E-state index in [1.165, 1.54) is 30.0 Å². The zero-order chi connectivity index (χ0) is 22.7. The van der Waals surface area contributed by atoms with Crippen LogP contribution < -0.4 is 0 Å². The van der Waals surface area contributed by atoms with Crippen LogP contribution in [0.5, 0.6) is 0 Å². The molecule has 32 heavy (non-hydrogen) atoms. The van der Waals surface area contributed by atoms with Gasteiger partial charge in [0.15, 0.2) is 17.5 Å². The summed E-state index contributed by atoms with van der Waals surface area (Å²) < 4.78 is 55.5. The van der Waals surface area contributed by atoms with E-state index in [0.29, 0.717) is 10.8 Å². The fraction of sp³-hybridized carbons (Fsp3) is 0.214. The molecule has 4 aromatic rings. The summed E-state index contributed by atoms with van der Waals surface area (Å²) in [6.45, 7) is 2.19. The van der Waals surface area contributed by atoms with Crippen molar-refractivity contribution in [3.05, 3.63) is 107 Å². The van der Waals surface area contributed by atoms with Gasteiger partial charge in [0.05, 0.1) is 0 Å². The molecule has 164 valence electrons. The first-order valence-electron chi connectivity index (χ1n) is 10.9. The second-order valence-corrected chi connectivity index (χ2v) is 8.16. The van der Waals surface area contributed by atoms with Crippen molar-refractivity contribution in [1.82, 2.24) is 0 Å². The van der Waals surface area contributed by atoms with Gasteiger partial charge >= 0.3 is 0 Å². The molecule has 0 aliphatic heterocycles. The van der Waals surface area contributed by atoms with Crippen LogP contribution in [0.2, 0.25) is 0 Å². The Bertz CT molecular complexity index is 1220. The Morgan fingerprint density at radius 1 is 0.594 bits per heavy atom. The Balaban J connectivity index is 1.53. The Hall–Kier alpha value is -3.14. The molecular formula is C28H24F4. The quantitative estimate of drug-likeness (QED) is 0.202. The van der Waals surface area contributed by atoms with Crippen LogP contribution in [0.1, 0.15) is 36.5 Å². The van der Waals surface area contributed by atoms with Crippen LogP contribution in [0.25, 0.3) is 21.9 Å². The summed E-state index contributed by atoms with van der Waals surface area (Å²) in [6, 6.07) is 19.0. The molecule has 0 radical (unpaired) electrons. The summed E-state index contributed by atoms with van der Waals surface area (Å²) in [5, 5.41) is 1.07. The van der Waals surface area contributed by atoms with Crippen LogP contribution in [-0.2, 0) is 19.3 Å². The monoisotopic (exact) mass is 436 g/mol. The molecule has 0 saturated carbocycles. The molecule has 0 unspecified atom stereocenters. The van der Waals surface area contributed by atoms with Gasteiger partial charge in [-0.2, -0.15) is 0 Å². The lowest BCUT2D eigenvalue weighted by molar-refractivity contribution is 0.447. The summed E-state index contributed by atoms with van der Waals surface area (Å²) in [5.74, 6) is -4.82. The summed E-state index contributed by atoms with van der Waals surface area (Å²) >= 11 is 0. The molecule has 0 nitrogen and oxygen atoms in total. The minimum Gasteiger partial charge on any atom is -0.206 e. The van der Waals surface area contributed by atoms with E-state index in [1.54, 1.807) is 12.1 Å². The van der Waals surface area contributed by atoms with Crippen LogP contribution >= 0.6 is 0 Å². The van der Waals surface area contributed by atoms with Gasteiger partial charge in [0.2, 0.25) is 0 Å². The summed E-state index contributed by atoms with van der Waals surface area (Å²) in [6.07, 6.45) is 5.19. The van der Waals surface area contributed by atoms with E-state index in [4.69, 9.17) is 0 Å². The minimum atomic E-state index is -1.56. The van der Waals surface area contributed by atoms with Gasteiger partial charge < -0.3 is 0 Å². The van der Waals surface area contributed by atoms with Crippen molar-refractivity contribution in [2.45, 2.75) is 39.0 Å². The van der Waals surface area contributed by atoms with Crippen molar-refractivity contribution in [3.63, 3.8) is 0 Å². The average Bonchev–Trinajstić information content (AvgIpc) is 2.80. The van der Waals surface area contributed by atoms with E-state index in [1.807, 2.05) is 12.1 Å². The van der Waals surface area contributed by atoms with Crippen molar-refractivity contribution in [2.75, 3.05) is 0 Å². The summed E-state index contributed by atoms with van der Waals surface area (Å²) in [7, 11) is 0. The zero-order valence-electron chi connectivity index (χ0n) is 17.9. The molecule has 0 amide bonds. The Labute approximate surface area is 185 Å². The van der Waals surface area contributed by atoms with E-state index in [0.717, 1.165) is 37.0 Å². The first-order valence-corrected chi connectivity index (χ1v) is 10.9. The average molecular weight is 436 g/mol. The third kappa shape index (κ3) is 4.69. The molecule has 0 atom stereocenters. The Morgan fingerprint density at radius 3 is 1.84 bits per heavy atom. The SMILES string of the molecule is CCCCc1ccc(CCc2ccc3c(F)c(-c4cc(F)c(F)c(F)c4)ccc3c2)cc1. The molecule has 4 heteroatoms. The number of hydrogen-bond acceptors (Lipinski definition) is 0. The number of halogens is 4. The third-order valence-electron chi connectivity index (χ3n) is 5.86. The molecule has 4 rings (SSSR count). The van der Waals surface area contributed by atoms with Crippen LogP contribution in [0, 0.1) is 23.3 Å². The van der Waals surface area contributed by atoms with Gasteiger partial charge in [0.1, 0.15) is 5.82 Å². The van der Waals surface area contributed by atoms with Crippen LogP contribution in [0.4, 0.5) is 17.6 Å². The third-order valence-corrected chi connectivity index (χ3v) is 5.86. The van der Waals surface area contributed by atoms with E-state index in [2.05, 4.69) is 31.2 Å². The van der Waals surface area contributed by atoms with Crippen LogP contribution in [-0.4, -0.2) is 0 Å². The highest BCUT2D eigenvalue weighted by atomic mass is 19.2. The van der Waals surface area contributed by atoms with Gasteiger partial charge in [-0.05, 0) is 65.5 Å². The lowest BCUT2D eigenvalue weighted by atomic mass is 9.96. The van der Waals surface area contributed by atoms with Gasteiger partial charge in [-0.3, -0.25) is 0 Å². The molecule has 0 N–H and O–H groups in total. The number of rotatable bonds is 7. The fourth-order valence-electron chi connectivity index (χ4n) is 3.97. The molecule has 0 heterocycles. The molecule has 0 bridgehead atoms. The number of benzene rings is 4. The van der Waals surface area contributed by atoms with Crippen molar-refractivity contribution in [3.8, 4) is 11.1 Å². The van der Waals surface area contributed by atoms with Gasteiger partial charge in [0.25, 0.3) is 0 Å². The first-order chi connectivity index (χ1) is 15.5. The number of fused-ring (bicyclic) bond motifs is 1. The predicted molar refractivity (Wildman–Crippen MR) is 122 cm³/mol. The summed E-state index contributed by atoms with van der Waals surface area (Å²) in [4.78, 5) is 0.